The molecule has 10 nitrogen and oxygen atoms in total. The van der Waals surface area contributed by atoms with Crippen LogP contribution in [-0.4, -0.2) is 51.6 Å². The van der Waals surface area contributed by atoms with Crippen LogP contribution in [0.1, 0.15) is 24.0 Å². The summed E-state index contributed by atoms with van der Waals surface area (Å²) in [6.07, 6.45) is -0.755. The highest BCUT2D eigenvalue weighted by molar-refractivity contribution is 5.73. The van der Waals surface area contributed by atoms with Gasteiger partial charge in [-0.15, -0.1) is 4.91 Å². The van der Waals surface area contributed by atoms with Crippen molar-refractivity contribution < 1.29 is 29.9 Å². The Hall–Kier alpha value is -3.34. The maximum Gasteiger partial charge on any atom is 0.202 e. The van der Waals surface area contributed by atoms with E-state index in [4.69, 9.17) is 9.47 Å². The number of rotatable bonds is 8. The second kappa shape index (κ2) is 10.1. The van der Waals surface area contributed by atoms with Crippen molar-refractivity contribution >= 4 is 17.8 Å². The quantitative estimate of drug-likeness (QED) is 0.367. The van der Waals surface area contributed by atoms with Gasteiger partial charge < -0.3 is 29.9 Å². The first-order valence-electron chi connectivity index (χ1n) is 9.55. The van der Waals surface area contributed by atoms with E-state index in [9.17, 15) is 30.2 Å². The molecule has 0 aromatic heterocycles. The van der Waals surface area contributed by atoms with Crippen molar-refractivity contribution in [3.8, 4) is 17.2 Å². The van der Waals surface area contributed by atoms with E-state index >= 15 is 0 Å². The van der Waals surface area contributed by atoms with Crippen LogP contribution in [0.15, 0.2) is 46.8 Å². The van der Waals surface area contributed by atoms with Gasteiger partial charge in [-0.3, -0.25) is 0 Å². The molecule has 0 unspecified atom stereocenters. The minimum absolute atomic E-state index is 0.0162. The molecule has 0 saturated carbocycles. The average molecular weight is 430 g/mol. The van der Waals surface area contributed by atoms with E-state index in [1.165, 1.54) is 24.3 Å². The molecule has 2 aromatic carbocycles. The fourth-order valence-electron chi connectivity index (χ4n) is 3.26. The molecule has 164 valence electrons. The molecule has 0 bridgehead atoms. The SMILES string of the molecule is O=NCC[C@H]1O[C@@H](Oc2cc(/C=C/c3cc(O)cc(O)c3)ccc2N=O)C[C@@H](O)[C@@H]1O. The highest BCUT2D eigenvalue weighted by Gasteiger charge is 2.37. The molecule has 3 rings (SSSR count). The zero-order valence-electron chi connectivity index (χ0n) is 16.4. The van der Waals surface area contributed by atoms with Crippen molar-refractivity contribution in [1.29, 1.82) is 0 Å². The zero-order valence-corrected chi connectivity index (χ0v) is 16.4. The fraction of sp³-hybridized carbons (Fsp3) is 0.333. The first kappa shape index (κ1) is 22.3. The molecular weight excluding hydrogens is 408 g/mol. The summed E-state index contributed by atoms with van der Waals surface area (Å²) in [6, 6.07) is 8.75. The lowest BCUT2D eigenvalue weighted by atomic mass is 9.99. The first-order chi connectivity index (χ1) is 14.9. The zero-order chi connectivity index (χ0) is 22.4. The second-order valence-electron chi connectivity index (χ2n) is 7.09. The number of nitrogens with zero attached hydrogens (tertiary/aromatic N) is 2. The van der Waals surface area contributed by atoms with Crippen LogP contribution >= 0.6 is 0 Å². The third kappa shape index (κ3) is 5.85. The van der Waals surface area contributed by atoms with E-state index in [1.807, 2.05) is 0 Å². The van der Waals surface area contributed by atoms with Crippen molar-refractivity contribution in [2.45, 2.75) is 37.4 Å². The van der Waals surface area contributed by atoms with Crippen LogP contribution in [0.3, 0.4) is 0 Å². The maximum absolute atomic E-state index is 11.2. The van der Waals surface area contributed by atoms with E-state index < -0.39 is 24.6 Å². The number of aromatic hydroxyl groups is 2. The third-order valence-corrected chi connectivity index (χ3v) is 4.77. The number of phenols is 2. The van der Waals surface area contributed by atoms with Gasteiger partial charge in [-0.05, 0) is 47.0 Å². The maximum atomic E-state index is 11.2. The Labute approximate surface area is 177 Å². The van der Waals surface area contributed by atoms with Crippen molar-refractivity contribution in [2.24, 2.45) is 10.4 Å². The van der Waals surface area contributed by atoms with Crippen molar-refractivity contribution in [1.82, 2.24) is 0 Å². The summed E-state index contributed by atoms with van der Waals surface area (Å²) in [6.45, 7) is -0.0901. The second-order valence-corrected chi connectivity index (χ2v) is 7.09. The van der Waals surface area contributed by atoms with Crippen LogP contribution in [0.5, 0.6) is 17.2 Å². The highest BCUT2D eigenvalue weighted by Crippen LogP contribution is 2.33. The van der Waals surface area contributed by atoms with Crippen LogP contribution in [-0.2, 0) is 4.74 Å². The Kier molecular flexibility index (Phi) is 7.29. The summed E-state index contributed by atoms with van der Waals surface area (Å²) in [5.41, 5.74) is 1.20. The summed E-state index contributed by atoms with van der Waals surface area (Å²) >= 11 is 0. The van der Waals surface area contributed by atoms with E-state index in [1.54, 1.807) is 24.3 Å². The molecule has 31 heavy (non-hydrogen) atoms. The van der Waals surface area contributed by atoms with E-state index in [0.29, 0.717) is 11.1 Å². The summed E-state index contributed by atoms with van der Waals surface area (Å²) in [5.74, 6) is -0.0610. The van der Waals surface area contributed by atoms with E-state index in [-0.39, 0.29) is 42.3 Å². The van der Waals surface area contributed by atoms with Gasteiger partial charge in [0.15, 0.2) is 5.75 Å². The lowest BCUT2D eigenvalue weighted by Crippen LogP contribution is -2.50. The first-order valence-corrected chi connectivity index (χ1v) is 9.55. The average Bonchev–Trinajstić information content (AvgIpc) is 2.73. The Balaban J connectivity index is 1.78. The third-order valence-electron chi connectivity index (χ3n) is 4.77. The summed E-state index contributed by atoms with van der Waals surface area (Å²) in [5, 5.41) is 44.9. The molecule has 0 aliphatic carbocycles. The molecule has 4 N–H and O–H groups in total. The number of nitroso groups, excluding NO2 is 2. The molecular formula is C21H22N2O8. The molecule has 1 aliphatic rings. The standard InChI is InChI=1S/C21H22N2O8/c24-14-7-13(8-15(25)10-14)2-1-12-3-4-16(23-29)19(9-12)31-20-11-17(26)21(27)18(30-20)5-6-22-28/h1-4,7-10,17-18,20-21,24-27H,5-6,11H2/b2-1+/t17-,18-,20+,21+/m1/s1. The van der Waals surface area contributed by atoms with Crippen molar-refractivity contribution in [3.05, 3.63) is 57.3 Å². The van der Waals surface area contributed by atoms with Crippen LogP contribution in [0, 0.1) is 9.81 Å². The predicted molar refractivity (Wildman–Crippen MR) is 112 cm³/mol. The number of ether oxygens (including phenoxy) is 2. The number of hydrogen-bond donors (Lipinski definition) is 4. The van der Waals surface area contributed by atoms with E-state index in [2.05, 4.69) is 10.4 Å². The number of phenolic OH excluding ortho intramolecular Hbond substituents is 2. The predicted octanol–water partition coefficient (Wildman–Crippen LogP) is 3.04. The largest absolute Gasteiger partial charge is 0.508 e. The van der Waals surface area contributed by atoms with Gasteiger partial charge in [0.2, 0.25) is 6.29 Å². The molecule has 0 amide bonds. The minimum Gasteiger partial charge on any atom is -0.508 e. The smallest absolute Gasteiger partial charge is 0.202 e. The summed E-state index contributed by atoms with van der Waals surface area (Å²) in [7, 11) is 0. The highest BCUT2D eigenvalue weighted by atomic mass is 16.7. The van der Waals surface area contributed by atoms with E-state index in [0.717, 1.165) is 0 Å². The van der Waals surface area contributed by atoms with Gasteiger partial charge in [-0.1, -0.05) is 23.4 Å². The summed E-state index contributed by atoms with van der Waals surface area (Å²) < 4.78 is 11.3. The molecule has 4 atom stereocenters. The van der Waals surface area contributed by atoms with Crippen molar-refractivity contribution in [3.63, 3.8) is 0 Å². The van der Waals surface area contributed by atoms with Crippen LogP contribution in [0.4, 0.5) is 5.69 Å². The Morgan fingerprint density at radius 2 is 1.74 bits per heavy atom. The minimum atomic E-state index is -1.18. The topological polar surface area (TPSA) is 158 Å². The fourth-order valence-corrected chi connectivity index (χ4v) is 3.26. The van der Waals surface area contributed by atoms with Gasteiger partial charge in [0, 0.05) is 12.5 Å². The summed E-state index contributed by atoms with van der Waals surface area (Å²) in [4.78, 5) is 21.5. The number of aliphatic hydroxyl groups is 2. The Bertz CT molecular complexity index is 944. The van der Waals surface area contributed by atoms with Gasteiger partial charge in [-0.2, -0.15) is 4.91 Å². The van der Waals surface area contributed by atoms with Gasteiger partial charge in [0.25, 0.3) is 0 Å². The van der Waals surface area contributed by atoms with Gasteiger partial charge in [0.05, 0.1) is 18.8 Å². The number of aliphatic hydroxyl groups excluding tert-OH is 2. The van der Waals surface area contributed by atoms with Gasteiger partial charge in [0.1, 0.15) is 23.3 Å². The lowest BCUT2D eigenvalue weighted by molar-refractivity contribution is -0.222. The monoisotopic (exact) mass is 430 g/mol. The molecule has 0 spiro atoms. The molecule has 0 radical (unpaired) electrons. The Morgan fingerprint density at radius 1 is 1.03 bits per heavy atom. The molecule has 1 fully saturated rings. The Morgan fingerprint density at radius 3 is 2.42 bits per heavy atom. The van der Waals surface area contributed by atoms with Crippen LogP contribution in [0.25, 0.3) is 12.2 Å². The molecule has 2 aromatic rings. The molecule has 10 heteroatoms. The molecule has 1 heterocycles. The molecule has 1 aliphatic heterocycles. The molecule has 1 saturated heterocycles. The van der Waals surface area contributed by atoms with Crippen molar-refractivity contribution in [2.75, 3.05) is 6.54 Å². The lowest BCUT2D eigenvalue weighted by Gasteiger charge is -2.36. The van der Waals surface area contributed by atoms with Gasteiger partial charge >= 0.3 is 0 Å². The number of benzene rings is 2. The van der Waals surface area contributed by atoms with Gasteiger partial charge in [-0.25, -0.2) is 0 Å². The van der Waals surface area contributed by atoms with Crippen LogP contribution in [0.2, 0.25) is 0 Å². The number of hydrogen-bond acceptors (Lipinski definition) is 10. The van der Waals surface area contributed by atoms with Crippen LogP contribution < -0.4 is 4.74 Å². The normalized spacial score (nSPS) is 23.5.